The van der Waals surface area contributed by atoms with Gasteiger partial charge in [-0.15, -0.1) is 0 Å². The first-order valence-corrected chi connectivity index (χ1v) is 8.30. The Balaban J connectivity index is 1.49. The fraction of sp³-hybridized carbons (Fsp3) is 0.400. The summed E-state index contributed by atoms with van der Waals surface area (Å²) >= 11 is 0. The number of nitrogens with zero attached hydrogens (tertiary/aromatic N) is 1. The topological polar surface area (TPSA) is 3.24 Å². The van der Waals surface area contributed by atoms with E-state index in [-0.39, 0.29) is 5.82 Å². The van der Waals surface area contributed by atoms with E-state index in [1.807, 2.05) is 12.1 Å². The Hall–Kier alpha value is -1.67. The van der Waals surface area contributed by atoms with E-state index in [9.17, 15) is 4.39 Å². The van der Waals surface area contributed by atoms with Crippen LogP contribution in [-0.4, -0.2) is 18.0 Å². The van der Waals surface area contributed by atoms with Crippen molar-refractivity contribution in [2.24, 2.45) is 5.92 Å². The summed E-state index contributed by atoms with van der Waals surface area (Å²) in [5.41, 5.74) is 2.66. The van der Waals surface area contributed by atoms with Crippen molar-refractivity contribution < 1.29 is 4.39 Å². The molecule has 22 heavy (non-hydrogen) atoms. The Labute approximate surface area is 132 Å². The molecule has 2 aromatic rings. The molecule has 1 aliphatic rings. The van der Waals surface area contributed by atoms with Crippen LogP contribution in [0.25, 0.3) is 0 Å². The highest BCUT2D eigenvalue weighted by molar-refractivity contribution is 5.16. The molecule has 0 spiro atoms. The van der Waals surface area contributed by atoms with E-state index in [1.165, 1.54) is 43.5 Å². The Bertz CT molecular complexity index is 564. The largest absolute Gasteiger partial charge is 0.299 e. The summed E-state index contributed by atoms with van der Waals surface area (Å²) in [6.07, 6.45) is 4.88. The summed E-state index contributed by atoms with van der Waals surface area (Å²) in [6.45, 7) is 3.46. The van der Waals surface area contributed by atoms with Crippen molar-refractivity contribution in [3.05, 3.63) is 71.5 Å². The summed E-state index contributed by atoms with van der Waals surface area (Å²) in [5.74, 6) is 0.623. The van der Waals surface area contributed by atoms with Gasteiger partial charge in [-0.05, 0) is 61.4 Å². The molecule has 0 saturated carbocycles. The standard InChI is InChI=1S/C20H24FN/c21-20-12-10-17(11-13-20)8-9-19-7-4-14-22(16-19)15-18-5-2-1-3-6-18/h1-3,5-6,10-13,19H,4,7-9,14-16H2. The van der Waals surface area contributed by atoms with Gasteiger partial charge >= 0.3 is 0 Å². The smallest absolute Gasteiger partial charge is 0.123 e. The normalized spacial score (nSPS) is 19.2. The third-order valence-electron chi connectivity index (χ3n) is 4.61. The summed E-state index contributed by atoms with van der Waals surface area (Å²) in [5, 5.41) is 0. The van der Waals surface area contributed by atoms with Gasteiger partial charge in [0.05, 0.1) is 0 Å². The van der Waals surface area contributed by atoms with Crippen molar-refractivity contribution in [3.63, 3.8) is 0 Å². The van der Waals surface area contributed by atoms with Crippen LogP contribution in [0.3, 0.4) is 0 Å². The number of benzene rings is 2. The first kappa shape index (κ1) is 15.2. The molecule has 1 aliphatic heterocycles. The number of hydrogen-bond donors (Lipinski definition) is 0. The Morgan fingerprint density at radius 1 is 0.955 bits per heavy atom. The van der Waals surface area contributed by atoms with Crippen LogP contribution in [0, 0.1) is 11.7 Å². The fourth-order valence-corrected chi connectivity index (χ4v) is 3.39. The lowest BCUT2D eigenvalue weighted by molar-refractivity contribution is 0.162. The number of halogens is 1. The summed E-state index contributed by atoms with van der Waals surface area (Å²) in [4.78, 5) is 2.58. The summed E-state index contributed by atoms with van der Waals surface area (Å²) < 4.78 is 12.9. The molecule has 0 radical (unpaired) electrons. The molecule has 3 rings (SSSR count). The minimum atomic E-state index is -0.143. The lowest BCUT2D eigenvalue weighted by atomic mass is 9.91. The van der Waals surface area contributed by atoms with Gasteiger partial charge in [0, 0.05) is 13.1 Å². The monoisotopic (exact) mass is 297 g/mol. The van der Waals surface area contributed by atoms with Crippen molar-refractivity contribution >= 4 is 0 Å². The minimum absolute atomic E-state index is 0.143. The molecule has 0 bridgehead atoms. The molecular formula is C20H24FN. The fourth-order valence-electron chi connectivity index (χ4n) is 3.39. The zero-order chi connectivity index (χ0) is 15.2. The lowest BCUT2D eigenvalue weighted by Gasteiger charge is -2.32. The molecule has 0 N–H and O–H groups in total. The molecule has 2 heteroatoms. The Morgan fingerprint density at radius 2 is 1.73 bits per heavy atom. The van der Waals surface area contributed by atoms with E-state index in [0.29, 0.717) is 0 Å². The SMILES string of the molecule is Fc1ccc(CCC2CCCN(Cc3ccccc3)C2)cc1. The number of piperidine rings is 1. The molecular weight excluding hydrogens is 273 g/mol. The van der Waals surface area contributed by atoms with E-state index in [4.69, 9.17) is 0 Å². The highest BCUT2D eigenvalue weighted by Gasteiger charge is 2.19. The van der Waals surface area contributed by atoms with Crippen molar-refractivity contribution in [1.82, 2.24) is 4.90 Å². The molecule has 0 amide bonds. The second-order valence-corrected chi connectivity index (χ2v) is 6.39. The number of hydrogen-bond acceptors (Lipinski definition) is 1. The van der Waals surface area contributed by atoms with Crippen molar-refractivity contribution in [1.29, 1.82) is 0 Å². The van der Waals surface area contributed by atoms with Crippen LogP contribution in [0.15, 0.2) is 54.6 Å². The predicted octanol–water partition coefficient (Wildman–Crippen LogP) is 4.67. The zero-order valence-corrected chi connectivity index (χ0v) is 13.0. The molecule has 1 unspecified atom stereocenters. The average molecular weight is 297 g/mol. The molecule has 116 valence electrons. The third kappa shape index (κ3) is 4.41. The van der Waals surface area contributed by atoms with Gasteiger partial charge in [0.1, 0.15) is 5.82 Å². The number of rotatable bonds is 5. The van der Waals surface area contributed by atoms with Gasteiger partial charge in [-0.1, -0.05) is 42.5 Å². The van der Waals surface area contributed by atoms with Gasteiger partial charge in [-0.2, -0.15) is 0 Å². The van der Waals surface area contributed by atoms with Crippen LogP contribution in [0.2, 0.25) is 0 Å². The van der Waals surface area contributed by atoms with E-state index in [2.05, 4.69) is 35.2 Å². The molecule has 1 fully saturated rings. The number of likely N-dealkylation sites (tertiary alicyclic amines) is 1. The first-order chi connectivity index (χ1) is 10.8. The van der Waals surface area contributed by atoms with Crippen LogP contribution in [-0.2, 0) is 13.0 Å². The molecule has 1 saturated heterocycles. The molecule has 1 nitrogen and oxygen atoms in total. The van der Waals surface area contributed by atoms with E-state index < -0.39 is 0 Å². The highest BCUT2D eigenvalue weighted by atomic mass is 19.1. The van der Waals surface area contributed by atoms with Crippen molar-refractivity contribution in [2.45, 2.75) is 32.2 Å². The molecule has 1 heterocycles. The third-order valence-corrected chi connectivity index (χ3v) is 4.61. The van der Waals surface area contributed by atoms with E-state index in [0.717, 1.165) is 18.9 Å². The van der Waals surface area contributed by atoms with Crippen molar-refractivity contribution in [3.8, 4) is 0 Å². The summed E-state index contributed by atoms with van der Waals surface area (Å²) in [7, 11) is 0. The highest BCUT2D eigenvalue weighted by Crippen LogP contribution is 2.23. The van der Waals surface area contributed by atoms with Gasteiger partial charge < -0.3 is 0 Å². The van der Waals surface area contributed by atoms with Gasteiger partial charge in [0.2, 0.25) is 0 Å². The number of aryl methyl sites for hydroxylation is 1. The first-order valence-electron chi connectivity index (χ1n) is 8.30. The van der Waals surface area contributed by atoms with Gasteiger partial charge in [0.25, 0.3) is 0 Å². The van der Waals surface area contributed by atoms with Crippen LogP contribution in [0.5, 0.6) is 0 Å². The molecule has 2 aromatic carbocycles. The van der Waals surface area contributed by atoms with Crippen LogP contribution in [0.4, 0.5) is 4.39 Å². The second-order valence-electron chi connectivity index (χ2n) is 6.39. The Morgan fingerprint density at radius 3 is 2.50 bits per heavy atom. The minimum Gasteiger partial charge on any atom is -0.299 e. The maximum Gasteiger partial charge on any atom is 0.123 e. The molecule has 0 aliphatic carbocycles. The van der Waals surface area contributed by atoms with Gasteiger partial charge in [-0.3, -0.25) is 4.90 Å². The predicted molar refractivity (Wildman–Crippen MR) is 89.2 cm³/mol. The van der Waals surface area contributed by atoms with Gasteiger partial charge in [-0.25, -0.2) is 4.39 Å². The maximum atomic E-state index is 12.9. The second kappa shape index (κ2) is 7.55. The lowest BCUT2D eigenvalue weighted by Crippen LogP contribution is -2.35. The molecule has 0 aromatic heterocycles. The quantitative estimate of drug-likeness (QED) is 0.775. The Kier molecular flexibility index (Phi) is 5.23. The summed E-state index contributed by atoms with van der Waals surface area (Å²) in [6, 6.07) is 17.7. The molecule has 1 atom stereocenters. The maximum absolute atomic E-state index is 12.9. The zero-order valence-electron chi connectivity index (χ0n) is 13.0. The average Bonchev–Trinajstić information content (AvgIpc) is 2.56. The van der Waals surface area contributed by atoms with E-state index in [1.54, 1.807) is 12.1 Å². The van der Waals surface area contributed by atoms with E-state index >= 15 is 0 Å². The van der Waals surface area contributed by atoms with Crippen LogP contribution < -0.4 is 0 Å². The van der Waals surface area contributed by atoms with Crippen LogP contribution in [0.1, 0.15) is 30.4 Å². The van der Waals surface area contributed by atoms with Gasteiger partial charge in [0.15, 0.2) is 0 Å². The van der Waals surface area contributed by atoms with Crippen LogP contribution >= 0.6 is 0 Å². The van der Waals surface area contributed by atoms with Crippen molar-refractivity contribution in [2.75, 3.05) is 13.1 Å².